The number of ether oxygens (including phenoxy) is 5. The number of amides is 1. The number of carbonyl (C=O) groups excluding carboxylic acids is 3. The van der Waals surface area contributed by atoms with Crippen molar-refractivity contribution in [3.8, 4) is 5.95 Å². The lowest BCUT2D eigenvalue weighted by Gasteiger charge is -2.47. The van der Waals surface area contributed by atoms with Crippen LogP contribution in [-0.4, -0.2) is 145 Å². The van der Waals surface area contributed by atoms with Gasteiger partial charge >= 0.3 is 5.97 Å². The second kappa shape index (κ2) is 19.6. The van der Waals surface area contributed by atoms with Crippen molar-refractivity contribution in [1.82, 2.24) is 24.4 Å². The van der Waals surface area contributed by atoms with Crippen LogP contribution in [0.4, 0.5) is 0 Å². The lowest BCUT2D eigenvalue weighted by atomic mass is 9.76. The maximum atomic E-state index is 14.5. The second-order valence-electron chi connectivity index (χ2n) is 16.7. The van der Waals surface area contributed by atoms with Crippen LogP contribution in [-0.2, 0) is 49.5 Å². The lowest BCUT2D eigenvalue weighted by molar-refractivity contribution is -0.296. The highest BCUT2D eigenvalue weighted by molar-refractivity contribution is 6.00. The van der Waals surface area contributed by atoms with E-state index in [1.807, 2.05) is 32.8 Å². The fourth-order valence-corrected chi connectivity index (χ4v) is 8.18. The summed E-state index contributed by atoms with van der Waals surface area (Å²) < 4.78 is 33.8. The molecule has 18 heteroatoms. The zero-order valence-corrected chi connectivity index (χ0v) is 35.8. The van der Waals surface area contributed by atoms with Gasteiger partial charge in [-0.15, -0.1) is 0 Å². The molecule has 2 bridgehead atoms. The first-order valence-electron chi connectivity index (χ1n) is 20.3. The molecule has 0 aromatic carbocycles. The zero-order chi connectivity index (χ0) is 43.2. The topological polar surface area (TPSA) is 219 Å². The van der Waals surface area contributed by atoms with Gasteiger partial charge < -0.3 is 43.6 Å². The lowest BCUT2D eigenvalue weighted by Crippen LogP contribution is -2.59. The molecule has 12 atom stereocenters. The molecule has 1 amide bonds. The summed E-state index contributed by atoms with van der Waals surface area (Å²) in [5.74, 6) is -4.18. The van der Waals surface area contributed by atoms with Crippen molar-refractivity contribution in [3.63, 3.8) is 0 Å². The average Bonchev–Trinajstić information content (AvgIpc) is 3.66. The van der Waals surface area contributed by atoms with Gasteiger partial charge in [0.15, 0.2) is 18.7 Å². The van der Waals surface area contributed by atoms with E-state index in [0.29, 0.717) is 23.8 Å². The molecule has 0 saturated carbocycles. The van der Waals surface area contributed by atoms with Gasteiger partial charge in [-0.05, 0) is 73.0 Å². The fourth-order valence-electron chi connectivity index (χ4n) is 8.18. The number of nitrogens with zero attached hydrogens (tertiary/aromatic N) is 7. The fraction of sp³-hybridized carbons (Fsp3) is 0.707. The maximum absolute atomic E-state index is 14.5. The predicted molar refractivity (Wildman–Crippen MR) is 213 cm³/mol. The smallest absolute Gasteiger partial charge is 0.316 e. The van der Waals surface area contributed by atoms with Gasteiger partial charge in [-0.3, -0.25) is 19.0 Å². The number of ketones is 1. The van der Waals surface area contributed by atoms with Gasteiger partial charge in [-0.1, -0.05) is 25.9 Å². The standard InChI is InChI=1S/C41H61N7O11/c1-11-32-41(8,53)33-16-30(45-27(6)49)23(2)17-40(7,55-20-29(19-54-33)46-56-21-28-18-48(22-44-28)39-42-13-12-14-43-39)36(25(4)34(50)26(5)37(52)58-32)59-38-35(51)31(47(9)10)15-24(3)57-38/h12-14,18,22-26,31-33,35-36,38,51,53H,11,15-17,19-21H2,1-10H3/b45-30?,46-29-/t23-,24-,25+,26-,31+,32+,33+,35-,36-,38+,40-,41-/m1/s1. The third-order valence-electron chi connectivity index (χ3n) is 11.6. The van der Waals surface area contributed by atoms with Crippen molar-refractivity contribution in [2.45, 2.75) is 142 Å². The molecule has 3 fully saturated rings. The summed E-state index contributed by atoms with van der Waals surface area (Å²) in [7, 11) is 3.72. The van der Waals surface area contributed by atoms with Crippen molar-refractivity contribution >= 4 is 29.1 Å². The normalized spacial score (nSPS) is 36.8. The molecule has 3 aliphatic rings. The molecule has 2 aromatic rings. The number of aliphatic hydroxyl groups is 2. The number of carbonyl (C=O) groups is 3. The third-order valence-corrected chi connectivity index (χ3v) is 11.6. The Morgan fingerprint density at radius 1 is 1.10 bits per heavy atom. The maximum Gasteiger partial charge on any atom is 0.316 e. The number of hydrogen-bond acceptors (Lipinski definition) is 16. The van der Waals surface area contributed by atoms with E-state index in [9.17, 15) is 24.6 Å². The molecule has 5 rings (SSSR count). The summed E-state index contributed by atoms with van der Waals surface area (Å²) in [6, 6.07) is 1.38. The molecule has 5 heterocycles. The van der Waals surface area contributed by atoms with E-state index in [-0.39, 0.29) is 56.9 Å². The Morgan fingerprint density at radius 2 is 1.81 bits per heavy atom. The highest BCUT2D eigenvalue weighted by atomic mass is 16.7. The first kappa shape index (κ1) is 46.0. The molecule has 326 valence electrons. The van der Waals surface area contributed by atoms with Crippen LogP contribution in [0.25, 0.3) is 5.95 Å². The largest absolute Gasteiger partial charge is 0.459 e. The number of aliphatic imine (C=N–C) groups is 1. The Hall–Kier alpha value is -4.04. The summed E-state index contributed by atoms with van der Waals surface area (Å²) in [5, 5.41) is 28.3. The Labute approximate surface area is 345 Å². The summed E-state index contributed by atoms with van der Waals surface area (Å²) in [6.07, 6.45) is 1.35. The van der Waals surface area contributed by atoms with E-state index in [4.69, 9.17) is 28.5 Å². The number of fused-ring (bicyclic) bond motifs is 5. The van der Waals surface area contributed by atoms with Crippen LogP contribution in [0, 0.1) is 17.8 Å². The number of imidazole rings is 1. The number of likely N-dealkylation sites (N-methyl/N-ethyl adjacent to an activating group) is 1. The Morgan fingerprint density at radius 3 is 2.47 bits per heavy atom. The van der Waals surface area contributed by atoms with Crippen molar-refractivity contribution in [2.75, 3.05) is 27.3 Å². The highest BCUT2D eigenvalue weighted by Gasteiger charge is 2.51. The van der Waals surface area contributed by atoms with Crippen LogP contribution < -0.4 is 0 Å². The molecular weight excluding hydrogens is 766 g/mol. The van der Waals surface area contributed by atoms with Crippen molar-refractivity contribution in [2.24, 2.45) is 27.9 Å². The van der Waals surface area contributed by atoms with Crippen LogP contribution in [0.3, 0.4) is 0 Å². The minimum absolute atomic E-state index is 0.0347. The van der Waals surface area contributed by atoms with Crippen LogP contribution >= 0.6 is 0 Å². The number of esters is 1. The Balaban J connectivity index is 1.61. The number of rotatable bonds is 8. The van der Waals surface area contributed by atoms with Crippen molar-refractivity contribution in [3.05, 3.63) is 36.7 Å². The molecule has 18 nitrogen and oxygen atoms in total. The van der Waals surface area contributed by atoms with E-state index in [1.54, 1.807) is 56.3 Å². The monoisotopic (exact) mass is 827 g/mol. The molecule has 2 aromatic heterocycles. The summed E-state index contributed by atoms with van der Waals surface area (Å²) >= 11 is 0. The van der Waals surface area contributed by atoms with Crippen LogP contribution in [0.2, 0.25) is 0 Å². The van der Waals surface area contributed by atoms with Gasteiger partial charge in [-0.25, -0.2) is 19.9 Å². The minimum Gasteiger partial charge on any atom is -0.459 e. The molecule has 3 saturated heterocycles. The third kappa shape index (κ3) is 11.0. The molecule has 0 radical (unpaired) electrons. The van der Waals surface area contributed by atoms with Gasteiger partial charge in [0.25, 0.3) is 0 Å². The molecule has 59 heavy (non-hydrogen) atoms. The number of cyclic esters (lactones) is 1. The average molecular weight is 828 g/mol. The Kier molecular flexibility index (Phi) is 15.3. The van der Waals surface area contributed by atoms with Crippen molar-refractivity contribution in [1.29, 1.82) is 0 Å². The van der Waals surface area contributed by atoms with E-state index in [2.05, 4.69) is 25.1 Å². The SMILES string of the molecule is CC[C@@H]1OC(=O)[C@H](C)C(=O)[C@H](C)[C@@H](O[C@@H]2O[C@H](C)C[C@H](N(C)C)[C@H]2O)[C@@]2(C)C[C@@H](C)C(=NC(C)=O)C[C@H](OC/C(=N/OCc3cn(-c4ncccn4)cn3)CO2)[C@]1(C)O. The number of Topliss-reactive ketones (excluding diaryl/α,β-unsaturated/α-hetero) is 1. The number of aromatic nitrogens is 4. The number of oxime groups is 1. The summed E-state index contributed by atoms with van der Waals surface area (Å²) in [5.41, 5.74) is -2.05. The Bertz CT molecular complexity index is 1820. The molecule has 0 unspecified atom stereocenters. The number of hydrogen-bond donors (Lipinski definition) is 2. The van der Waals surface area contributed by atoms with E-state index in [1.165, 1.54) is 20.8 Å². The van der Waals surface area contributed by atoms with Gasteiger partial charge in [0.2, 0.25) is 11.9 Å². The van der Waals surface area contributed by atoms with Gasteiger partial charge in [-0.2, -0.15) is 0 Å². The quantitative estimate of drug-likeness (QED) is 0.222. The minimum atomic E-state index is -1.84. The van der Waals surface area contributed by atoms with Crippen LogP contribution in [0.1, 0.15) is 86.8 Å². The van der Waals surface area contributed by atoms with E-state index >= 15 is 0 Å². The molecule has 0 spiro atoms. The molecular formula is C41H61N7O11. The van der Waals surface area contributed by atoms with Gasteiger partial charge in [0.1, 0.15) is 35.8 Å². The first-order valence-corrected chi connectivity index (χ1v) is 20.3. The van der Waals surface area contributed by atoms with E-state index in [0.717, 1.165) is 0 Å². The van der Waals surface area contributed by atoms with Gasteiger partial charge in [0, 0.05) is 49.6 Å². The molecule has 0 aliphatic carbocycles. The molecule has 3 aliphatic heterocycles. The molecule has 2 N–H and O–H groups in total. The summed E-state index contributed by atoms with van der Waals surface area (Å²) in [6.45, 7) is 12.7. The summed E-state index contributed by atoms with van der Waals surface area (Å²) in [4.78, 5) is 65.9. The second-order valence-corrected chi connectivity index (χ2v) is 16.7. The van der Waals surface area contributed by atoms with Crippen molar-refractivity contribution < 1.29 is 53.1 Å². The van der Waals surface area contributed by atoms with Crippen LogP contribution in [0.5, 0.6) is 0 Å². The predicted octanol–water partition coefficient (Wildman–Crippen LogP) is 2.85. The van der Waals surface area contributed by atoms with Gasteiger partial charge in [0.05, 0.1) is 42.8 Å². The van der Waals surface area contributed by atoms with Crippen LogP contribution in [0.15, 0.2) is 41.1 Å². The highest BCUT2D eigenvalue weighted by Crippen LogP contribution is 2.39. The number of aliphatic hydroxyl groups excluding tert-OH is 1. The zero-order valence-electron chi connectivity index (χ0n) is 35.8. The first-order chi connectivity index (χ1) is 27.8. The van der Waals surface area contributed by atoms with E-state index < -0.39 is 77.3 Å².